The Morgan fingerprint density at radius 1 is 1.07 bits per heavy atom. The van der Waals surface area contributed by atoms with E-state index in [9.17, 15) is 0 Å². The van der Waals surface area contributed by atoms with Gasteiger partial charge >= 0.3 is 0 Å². The molecule has 2 aliphatic rings. The first-order valence-electron chi connectivity index (χ1n) is 10.5. The molecule has 5 rings (SSSR count). The topological polar surface area (TPSA) is 57.8 Å². The van der Waals surface area contributed by atoms with Crippen LogP contribution in [-0.4, -0.2) is 31.7 Å². The molecule has 146 valence electrons. The van der Waals surface area contributed by atoms with Crippen LogP contribution in [0.2, 0.25) is 0 Å². The molecule has 2 aromatic heterocycles. The van der Waals surface area contributed by atoms with E-state index in [4.69, 9.17) is 9.84 Å². The third kappa shape index (κ3) is 2.65. The predicted molar refractivity (Wildman–Crippen MR) is 108 cm³/mol. The summed E-state index contributed by atoms with van der Waals surface area (Å²) in [5.41, 5.74) is 4.79. The van der Waals surface area contributed by atoms with Gasteiger partial charge < -0.3 is 9.30 Å². The van der Waals surface area contributed by atoms with Crippen LogP contribution >= 0.6 is 0 Å². The molecule has 1 fully saturated rings. The summed E-state index contributed by atoms with van der Waals surface area (Å²) in [5, 5.41) is 14.3. The summed E-state index contributed by atoms with van der Waals surface area (Å²) in [6.45, 7) is 3.08. The molecule has 3 aromatic rings. The van der Waals surface area contributed by atoms with Crippen LogP contribution in [-0.2, 0) is 19.4 Å². The molecule has 0 unspecified atom stereocenters. The van der Waals surface area contributed by atoms with Gasteiger partial charge in [0.1, 0.15) is 11.4 Å². The molecule has 6 heteroatoms. The molecule has 0 bridgehead atoms. The summed E-state index contributed by atoms with van der Waals surface area (Å²) in [7, 11) is 1.70. The van der Waals surface area contributed by atoms with E-state index < -0.39 is 0 Å². The minimum absolute atomic E-state index is 0.487. The molecule has 3 heterocycles. The van der Waals surface area contributed by atoms with Crippen molar-refractivity contribution in [1.82, 2.24) is 24.5 Å². The van der Waals surface area contributed by atoms with Crippen LogP contribution in [0.3, 0.4) is 0 Å². The number of para-hydroxylation sites is 1. The van der Waals surface area contributed by atoms with Crippen LogP contribution in [0.5, 0.6) is 5.75 Å². The monoisotopic (exact) mass is 377 g/mol. The number of rotatable bonds is 4. The Bertz CT molecular complexity index is 997. The zero-order chi connectivity index (χ0) is 19.1. The van der Waals surface area contributed by atoms with Crippen molar-refractivity contribution in [3.63, 3.8) is 0 Å². The summed E-state index contributed by atoms with van der Waals surface area (Å²) in [6.07, 6.45) is 8.30. The van der Waals surface area contributed by atoms with Crippen molar-refractivity contribution in [2.24, 2.45) is 0 Å². The molecule has 0 N–H and O–H groups in total. The van der Waals surface area contributed by atoms with E-state index in [2.05, 4.69) is 32.4 Å². The fraction of sp³-hybridized carbons (Fsp3) is 0.500. The van der Waals surface area contributed by atoms with Crippen LogP contribution in [0, 0.1) is 0 Å². The highest BCUT2D eigenvalue weighted by Crippen LogP contribution is 2.39. The van der Waals surface area contributed by atoms with Gasteiger partial charge in [-0.3, -0.25) is 4.68 Å². The van der Waals surface area contributed by atoms with Gasteiger partial charge in [0.05, 0.1) is 24.4 Å². The lowest BCUT2D eigenvalue weighted by Gasteiger charge is -2.25. The number of aryl methyl sites for hydroxylation is 1. The maximum absolute atomic E-state index is 5.57. The normalized spacial score (nSPS) is 16.6. The molecular formula is C22H27N5O. The minimum Gasteiger partial charge on any atom is -0.496 e. The average Bonchev–Trinajstić information content (AvgIpc) is 3.35. The van der Waals surface area contributed by atoms with E-state index in [0.717, 1.165) is 42.3 Å². The molecule has 6 nitrogen and oxygen atoms in total. The van der Waals surface area contributed by atoms with Gasteiger partial charge in [0.15, 0.2) is 11.6 Å². The molecule has 1 aromatic carbocycles. The zero-order valence-electron chi connectivity index (χ0n) is 16.7. The Hall–Kier alpha value is -2.63. The van der Waals surface area contributed by atoms with Crippen LogP contribution < -0.4 is 4.74 Å². The van der Waals surface area contributed by atoms with Gasteiger partial charge in [0.25, 0.3) is 0 Å². The van der Waals surface area contributed by atoms with Crippen LogP contribution in [0.1, 0.15) is 56.3 Å². The van der Waals surface area contributed by atoms with E-state index in [1.807, 2.05) is 18.2 Å². The number of hydrogen-bond acceptors (Lipinski definition) is 4. The molecule has 0 amide bonds. The predicted octanol–water partition coefficient (Wildman–Crippen LogP) is 4.44. The van der Waals surface area contributed by atoms with E-state index in [-0.39, 0.29) is 0 Å². The van der Waals surface area contributed by atoms with Gasteiger partial charge in [0.2, 0.25) is 0 Å². The van der Waals surface area contributed by atoms with Crippen molar-refractivity contribution < 1.29 is 4.74 Å². The van der Waals surface area contributed by atoms with Crippen molar-refractivity contribution in [2.45, 2.75) is 64.5 Å². The maximum atomic E-state index is 5.57. The Labute approximate surface area is 165 Å². The van der Waals surface area contributed by atoms with Crippen molar-refractivity contribution >= 4 is 0 Å². The summed E-state index contributed by atoms with van der Waals surface area (Å²) in [5.74, 6) is 2.67. The standard InChI is InChI=1S/C22H27N5O/c1-3-18-16-13-14-26-21(17-11-7-8-12-19(17)28-2)23-24-22(26)20(16)27(25-18)15-9-5-4-6-10-15/h7-8,11-12,15H,3-6,9-10,13-14H2,1-2H3. The Morgan fingerprint density at radius 3 is 2.64 bits per heavy atom. The molecule has 0 spiro atoms. The second kappa shape index (κ2) is 7.08. The number of ether oxygens (including phenoxy) is 1. The van der Waals surface area contributed by atoms with Gasteiger partial charge in [-0.2, -0.15) is 5.10 Å². The van der Waals surface area contributed by atoms with Crippen molar-refractivity contribution in [3.8, 4) is 28.7 Å². The minimum atomic E-state index is 0.487. The quantitative estimate of drug-likeness (QED) is 0.674. The highest BCUT2D eigenvalue weighted by Gasteiger charge is 2.32. The summed E-state index contributed by atoms with van der Waals surface area (Å²) < 4.78 is 10.1. The summed E-state index contributed by atoms with van der Waals surface area (Å²) >= 11 is 0. The lowest BCUT2D eigenvalue weighted by molar-refractivity contribution is 0.330. The molecule has 1 aliphatic carbocycles. The van der Waals surface area contributed by atoms with Gasteiger partial charge in [-0.15, -0.1) is 10.2 Å². The second-order valence-corrected chi connectivity index (χ2v) is 7.81. The van der Waals surface area contributed by atoms with Gasteiger partial charge in [-0.1, -0.05) is 38.3 Å². The molecule has 1 aliphatic heterocycles. The smallest absolute Gasteiger partial charge is 0.182 e. The van der Waals surface area contributed by atoms with Gasteiger partial charge in [-0.25, -0.2) is 0 Å². The maximum Gasteiger partial charge on any atom is 0.182 e. The third-order valence-electron chi connectivity index (χ3n) is 6.24. The summed E-state index contributed by atoms with van der Waals surface area (Å²) in [4.78, 5) is 0. The van der Waals surface area contributed by atoms with Crippen molar-refractivity contribution in [2.75, 3.05) is 7.11 Å². The Kier molecular flexibility index (Phi) is 4.41. The van der Waals surface area contributed by atoms with Crippen LogP contribution in [0.25, 0.3) is 22.9 Å². The number of fused-ring (bicyclic) bond motifs is 3. The summed E-state index contributed by atoms with van der Waals surface area (Å²) in [6, 6.07) is 8.53. The van der Waals surface area contributed by atoms with Crippen molar-refractivity contribution in [1.29, 1.82) is 0 Å². The fourth-order valence-corrected chi connectivity index (χ4v) is 4.83. The SMILES string of the molecule is CCc1nn(C2CCCCC2)c2c1CCn1c(-c3ccccc3OC)nnc1-2. The molecule has 0 atom stereocenters. The van der Waals surface area contributed by atoms with Crippen molar-refractivity contribution in [3.05, 3.63) is 35.5 Å². The van der Waals surface area contributed by atoms with Gasteiger partial charge in [-0.05, 0) is 37.8 Å². The zero-order valence-corrected chi connectivity index (χ0v) is 16.7. The van der Waals surface area contributed by atoms with E-state index in [0.29, 0.717) is 6.04 Å². The van der Waals surface area contributed by atoms with E-state index in [1.54, 1.807) is 7.11 Å². The van der Waals surface area contributed by atoms with Crippen LogP contribution in [0.15, 0.2) is 24.3 Å². The molecule has 28 heavy (non-hydrogen) atoms. The lowest BCUT2D eigenvalue weighted by Crippen LogP contribution is -2.19. The van der Waals surface area contributed by atoms with E-state index >= 15 is 0 Å². The highest BCUT2D eigenvalue weighted by atomic mass is 16.5. The molecule has 0 radical (unpaired) electrons. The van der Waals surface area contributed by atoms with Crippen LogP contribution in [0.4, 0.5) is 0 Å². The van der Waals surface area contributed by atoms with Gasteiger partial charge in [0, 0.05) is 12.1 Å². The lowest BCUT2D eigenvalue weighted by atomic mass is 9.95. The number of nitrogens with zero attached hydrogens (tertiary/aromatic N) is 5. The number of benzene rings is 1. The third-order valence-corrected chi connectivity index (χ3v) is 6.24. The van der Waals surface area contributed by atoms with E-state index in [1.165, 1.54) is 49.1 Å². The largest absolute Gasteiger partial charge is 0.496 e. The first-order chi connectivity index (χ1) is 13.8. The average molecular weight is 377 g/mol. The first kappa shape index (κ1) is 17.5. The fourth-order valence-electron chi connectivity index (χ4n) is 4.83. The molecule has 0 saturated heterocycles. The number of methoxy groups -OCH3 is 1. The number of aromatic nitrogens is 5. The highest BCUT2D eigenvalue weighted by molar-refractivity contribution is 5.69. The number of hydrogen-bond donors (Lipinski definition) is 0. The molecule has 1 saturated carbocycles. The Morgan fingerprint density at radius 2 is 1.86 bits per heavy atom. The Balaban J connectivity index is 1.65. The second-order valence-electron chi connectivity index (χ2n) is 7.81. The first-order valence-corrected chi connectivity index (χ1v) is 10.5. The molecular weight excluding hydrogens is 350 g/mol.